The summed E-state index contributed by atoms with van der Waals surface area (Å²) in [4.78, 5) is 40.5. The summed E-state index contributed by atoms with van der Waals surface area (Å²) in [7, 11) is 0. The number of halogens is 2. The summed E-state index contributed by atoms with van der Waals surface area (Å²) < 4.78 is 0. The smallest absolute Gasteiger partial charge is 0.255 e. The fourth-order valence-corrected chi connectivity index (χ4v) is 6.99. The summed E-state index contributed by atoms with van der Waals surface area (Å²) in [5.74, 6) is -0.637. The Bertz CT molecular complexity index is 980. The maximum absolute atomic E-state index is 13.2. The van der Waals surface area contributed by atoms with Gasteiger partial charge in [-0.3, -0.25) is 14.4 Å². The summed E-state index contributed by atoms with van der Waals surface area (Å²) in [6.07, 6.45) is 0.902. The van der Waals surface area contributed by atoms with E-state index in [9.17, 15) is 14.4 Å². The molecule has 1 aliphatic heterocycles. The maximum atomic E-state index is 13.2. The van der Waals surface area contributed by atoms with Gasteiger partial charge in [0, 0.05) is 20.9 Å². The molecule has 0 radical (unpaired) electrons. The second-order valence-corrected chi connectivity index (χ2v) is 10.0. The van der Waals surface area contributed by atoms with Gasteiger partial charge in [0.1, 0.15) is 0 Å². The molecule has 2 aromatic rings. The molecular weight excluding hydrogens is 500 g/mol. The number of benzene rings is 2. The minimum Gasteiger partial charge on any atom is -0.322 e. The number of hydrogen-bond acceptors (Lipinski definition) is 3. The second kappa shape index (κ2) is 7.06. The Balaban J connectivity index is 1.41. The molecule has 1 saturated heterocycles. The van der Waals surface area contributed by atoms with Gasteiger partial charge in [0.15, 0.2) is 0 Å². The molecular formula is C22H18Br2N2O3. The first kappa shape index (κ1) is 19.0. The average Bonchev–Trinajstić information content (AvgIpc) is 3.33. The van der Waals surface area contributed by atoms with Crippen molar-refractivity contribution in [3.05, 3.63) is 60.2 Å². The topological polar surface area (TPSA) is 66.5 Å². The SMILES string of the molecule is O=C(Nc1cccc(N2C(=O)[C@@H]3[C@H]4C[C@H]([C@H](Br)[C@@H]4Br)[C@@H]3C2=O)c1)c1ccccc1. The fraction of sp³-hybridized carbons (Fsp3) is 0.318. The van der Waals surface area contributed by atoms with E-state index in [2.05, 4.69) is 37.2 Å². The predicted molar refractivity (Wildman–Crippen MR) is 117 cm³/mol. The Kier molecular flexibility index (Phi) is 4.62. The Labute approximate surface area is 185 Å². The van der Waals surface area contributed by atoms with Crippen molar-refractivity contribution in [2.24, 2.45) is 23.7 Å². The molecule has 1 N–H and O–H groups in total. The van der Waals surface area contributed by atoms with Crippen LogP contribution >= 0.6 is 31.9 Å². The molecule has 2 aliphatic carbocycles. The highest BCUT2D eigenvalue weighted by Gasteiger charge is 2.66. The molecule has 3 aliphatic rings. The van der Waals surface area contributed by atoms with Gasteiger partial charge in [0.05, 0.1) is 17.5 Å². The number of rotatable bonds is 3. The molecule has 1 heterocycles. The van der Waals surface area contributed by atoms with Gasteiger partial charge in [0.25, 0.3) is 5.91 Å². The van der Waals surface area contributed by atoms with E-state index in [-0.39, 0.29) is 51.0 Å². The standard InChI is InChI=1S/C22H18Br2N2O3/c23-18-14-10-15(19(18)24)17-16(14)21(28)26(22(17)29)13-8-4-7-12(9-13)25-20(27)11-5-2-1-3-6-11/h1-9,14-19H,10H2,(H,25,27)/t14-,15+,16-,17+,18-,19+. The third kappa shape index (κ3) is 2.89. The Hall–Kier alpha value is -1.99. The third-order valence-corrected chi connectivity index (χ3v) is 9.59. The van der Waals surface area contributed by atoms with Crippen LogP contribution in [0.25, 0.3) is 0 Å². The Morgan fingerprint density at radius 2 is 1.52 bits per heavy atom. The van der Waals surface area contributed by atoms with Crippen molar-refractivity contribution < 1.29 is 14.4 Å². The van der Waals surface area contributed by atoms with Gasteiger partial charge in [0.2, 0.25) is 11.8 Å². The van der Waals surface area contributed by atoms with Gasteiger partial charge < -0.3 is 5.32 Å². The van der Waals surface area contributed by atoms with E-state index in [4.69, 9.17) is 0 Å². The predicted octanol–water partition coefficient (Wildman–Crippen LogP) is 4.22. The molecule has 3 amide bonds. The van der Waals surface area contributed by atoms with Crippen molar-refractivity contribution in [2.75, 3.05) is 10.2 Å². The zero-order valence-corrected chi connectivity index (χ0v) is 18.5. The lowest BCUT2D eigenvalue weighted by atomic mass is 9.81. The van der Waals surface area contributed by atoms with E-state index in [0.29, 0.717) is 16.9 Å². The number of nitrogens with zero attached hydrogens (tertiary/aromatic N) is 1. The van der Waals surface area contributed by atoms with E-state index in [0.717, 1.165) is 6.42 Å². The monoisotopic (exact) mass is 516 g/mol. The number of anilines is 2. The zero-order chi connectivity index (χ0) is 20.3. The second-order valence-electron chi connectivity index (χ2n) is 7.89. The normalized spacial score (nSPS) is 32.6. The number of amides is 3. The molecule has 7 heteroatoms. The van der Waals surface area contributed by atoms with E-state index in [1.54, 1.807) is 48.5 Å². The first-order valence-electron chi connectivity index (χ1n) is 9.60. The van der Waals surface area contributed by atoms with Crippen LogP contribution in [0.2, 0.25) is 0 Å². The summed E-state index contributed by atoms with van der Waals surface area (Å²) >= 11 is 7.41. The average molecular weight is 518 g/mol. The van der Waals surface area contributed by atoms with Crippen LogP contribution in [0.15, 0.2) is 54.6 Å². The minimum atomic E-state index is -0.256. The fourth-order valence-electron chi connectivity index (χ4n) is 5.12. The molecule has 5 nitrogen and oxygen atoms in total. The van der Waals surface area contributed by atoms with Crippen molar-refractivity contribution in [1.29, 1.82) is 0 Å². The third-order valence-electron chi connectivity index (χ3n) is 6.39. The molecule has 6 atom stereocenters. The molecule has 0 aromatic heterocycles. The van der Waals surface area contributed by atoms with Crippen LogP contribution in [0.1, 0.15) is 16.8 Å². The van der Waals surface area contributed by atoms with Crippen molar-refractivity contribution in [3.8, 4) is 0 Å². The number of fused-ring (bicyclic) bond motifs is 5. The van der Waals surface area contributed by atoms with Crippen LogP contribution < -0.4 is 10.2 Å². The Morgan fingerprint density at radius 1 is 0.897 bits per heavy atom. The van der Waals surface area contributed by atoms with E-state index >= 15 is 0 Å². The molecule has 2 aromatic carbocycles. The van der Waals surface area contributed by atoms with Gasteiger partial charge in [-0.05, 0) is 48.6 Å². The van der Waals surface area contributed by atoms with Crippen LogP contribution in [0.5, 0.6) is 0 Å². The van der Waals surface area contributed by atoms with Gasteiger partial charge >= 0.3 is 0 Å². The number of carbonyl (C=O) groups is 3. The molecule has 0 unspecified atom stereocenters. The van der Waals surface area contributed by atoms with Crippen LogP contribution in [-0.2, 0) is 9.59 Å². The molecule has 0 spiro atoms. The first-order chi connectivity index (χ1) is 14.0. The van der Waals surface area contributed by atoms with Gasteiger partial charge in [-0.15, -0.1) is 0 Å². The lowest BCUT2D eigenvalue weighted by Gasteiger charge is -2.28. The Morgan fingerprint density at radius 3 is 2.14 bits per heavy atom. The largest absolute Gasteiger partial charge is 0.322 e. The van der Waals surface area contributed by atoms with E-state index in [1.165, 1.54) is 4.90 Å². The lowest BCUT2D eigenvalue weighted by Crippen LogP contribution is -2.37. The highest BCUT2D eigenvalue weighted by atomic mass is 79.9. The zero-order valence-electron chi connectivity index (χ0n) is 15.3. The molecule has 148 valence electrons. The number of hydrogen-bond donors (Lipinski definition) is 1. The molecule has 2 saturated carbocycles. The number of carbonyl (C=O) groups excluding carboxylic acids is 3. The van der Waals surface area contributed by atoms with Gasteiger partial charge in [-0.1, -0.05) is 56.1 Å². The quantitative estimate of drug-likeness (QED) is 0.489. The van der Waals surface area contributed by atoms with Gasteiger partial charge in [-0.2, -0.15) is 0 Å². The number of imide groups is 1. The van der Waals surface area contributed by atoms with Crippen molar-refractivity contribution >= 4 is 61.0 Å². The molecule has 5 rings (SSSR count). The summed E-state index contributed by atoms with van der Waals surface area (Å²) in [6.45, 7) is 0. The number of nitrogens with one attached hydrogen (secondary N) is 1. The van der Waals surface area contributed by atoms with Gasteiger partial charge in [-0.25, -0.2) is 4.90 Å². The van der Waals surface area contributed by atoms with Crippen LogP contribution in [0, 0.1) is 23.7 Å². The lowest BCUT2D eigenvalue weighted by molar-refractivity contribution is -0.123. The molecule has 2 bridgehead atoms. The van der Waals surface area contributed by atoms with Crippen molar-refractivity contribution in [1.82, 2.24) is 0 Å². The summed E-state index contributed by atoms with van der Waals surface area (Å²) in [5, 5.41) is 2.84. The molecule has 3 fully saturated rings. The molecule has 29 heavy (non-hydrogen) atoms. The maximum Gasteiger partial charge on any atom is 0.255 e. The van der Waals surface area contributed by atoms with Crippen molar-refractivity contribution in [3.63, 3.8) is 0 Å². The summed E-state index contributed by atoms with van der Waals surface area (Å²) in [5.41, 5.74) is 1.61. The van der Waals surface area contributed by atoms with Crippen molar-refractivity contribution in [2.45, 2.75) is 16.1 Å². The van der Waals surface area contributed by atoms with Crippen LogP contribution in [0.3, 0.4) is 0 Å². The van der Waals surface area contributed by atoms with Crippen LogP contribution in [-0.4, -0.2) is 27.4 Å². The number of alkyl halides is 2. The van der Waals surface area contributed by atoms with Crippen LogP contribution in [0.4, 0.5) is 11.4 Å². The van der Waals surface area contributed by atoms with E-state index < -0.39 is 0 Å². The minimum absolute atomic E-state index is 0.122. The summed E-state index contributed by atoms with van der Waals surface area (Å²) in [6, 6.07) is 15.9. The highest BCUT2D eigenvalue weighted by molar-refractivity contribution is 9.12. The highest BCUT2D eigenvalue weighted by Crippen LogP contribution is 2.60. The van der Waals surface area contributed by atoms with E-state index in [1.807, 2.05) is 6.07 Å². The first-order valence-corrected chi connectivity index (χ1v) is 11.4.